The molecule has 1 heterocycles. The van der Waals surface area contributed by atoms with Gasteiger partial charge in [-0.25, -0.2) is 8.42 Å². The minimum Gasteiger partial charge on any atom is -0.320 e. The predicted molar refractivity (Wildman–Crippen MR) is 121 cm³/mol. The average Bonchev–Trinajstić information content (AvgIpc) is 2.74. The zero-order chi connectivity index (χ0) is 21.1. The number of fused-ring (bicyclic) bond motifs is 1. The number of carbonyl (C=O) groups excluding carboxylic acids is 1. The highest BCUT2D eigenvalue weighted by Gasteiger charge is 2.15. The fourth-order valence-corrected chi connectivity index (χ4v) is 4.24. The van der Waals surface area contributed by atoms with Crippen LogP contribution in [0.3, 0.4) is 0 Å². The molecule has 4 aromatic rings. The van der Waals surface area contributed by atoms with Crippen LogP contribution < -0.4 is 10.0 Å². The highest BCUT2D eigenvalue weighted by molar-refractivity contribution is 9.10. The number of carbonyl (C=O) groups is 1. The van der Waals surface area contributed by atoms with Gasteiger partial charge in [-0.15, -0.1) is 0 Å². The van der Waals surface area contributed by atoms with Crippen molar-refractivity contribution in [3.05, 3.63) is 95.1 Å². The van der Waals surface area contributed by atoms with E-state index in [0.29, 0.717) is 22.5 Å². The Bertz CT molecular complexity index is 1320. The molecule has 4 rings (SSSR count). The van der Waals surface area contributed by atoms with E-state index < -0.39 is 10.0 Å². The molecule has 0 radical (unpaired) electrons. The van der Waals surface area contributed by atoms with Crippen molar-refractivity contribution >= 4 is 54.1 Å². The van der Waals surface area contributed by atoms with Crippen molar-refractivity contribution < 1.29 is 13.2 Å². The summed E-state index contributed by atoms with van der Waals surface area (Å²) in [5.41, 5.74) is 2.07. The second kappa shape index (κ2) is 8.25. The molecule has 30 heavy (non-hydrogen) atoms. The monoisotopic (exact) mass is 481 g/mol. The first-order valence-corrected chi connectivity index (χ1v) is 11.2. The molecule has 0 unspecified atom stereocenters. The Morgan fingerprint density at radius 1 is 0.867 bits per heavy atom. The summed E-state index contributed by atoms with van der Waals surface area (Å²) in [6.45, 7) is 0. The molecule has 150 valence electrons. The van der Waals surface area contributed by atoms with Gasteiger partial charge < -0.3 is 5.32 Å². The summed E-state index contributed by atoms with van der Waals surface area (Å²) in [5, 5.41) is 3.78. The molecule has 0 aliphatic rings. The Hall–Kier alpha value is -3.23. The number of pyridine rings is 1. The van der Waals surface area contributed by atoms with Crippen LogP contribution in [-0.2, 0) is 10.0 Å². The minimum atomic E-state index is -3.72. The van der Waals surface area contributed by atoms with Crippen molar-refractivity contribution in [2.24, 2.45) is 0 Å². The molecule has 0 atom stereocenters. The lowest BCUT2D eigenvalue weighted by Gasteiger charge is -2.10. The standard InChI is InChI=1S/C22H16BrN3O3S/c23-17-8-12-19(13-9-17)30(28,29)26-18-10-6-16(7-11-18)22(27)25-20-5-1-3-15-4-2-14-24-21(15)20/h1-14,26H,(H,25,27). The summed E-state index contributed by atoms with van der Waals surface area (Å²) < 4.78 is 28.3. The lowest BCUT2D eigenvalue weighted by Crippen LogP contribution is -2.14. The maximum absolute atomic E-state index is 12.6. The van der Waals surface area contributed by atoms with Gasteiger partial charge in [-0.05, 0) is 60.7 Å². The van der Waals surface area contributed by atoms with Crippen LogP contribution in [0.5, 0.6) is 0 Å². The number of hydrogen-bond acceptors (Lipinski definition) is 4. The molecule has 3 aromatic carbocycles. The topological polar surface area (TPSA) is 88.2 Å². The summed E-state index contributed by atoms with van der Waals surface area (Å²) in [5.74, 6) is -0.310. The van der Waals surface area contributed by atoms with Crippen molar-refractivity contribution in [1.29, 1.82) is 0 Å². The molecule has 0 aliphatic carbocycles. The molecule has 0 bridgehead atoms. The van der Waals surface area contributed by atoms with Crippen LogP contribution in [0.25, 0.3) is 10.9 Å². The number of hydrogen-bond donors (Lipinski definition) is 2. The third-order valence-corrected chi connectivity index (χ3v) is 6.33. The van der Waals surface area contributed by atoms with Crippen LogP contribution in [-0.4, -0.2) is 19.3 Å². The maximum Gasteiger partial charge on any atom is 0.261 e. The Labute approximate surface area is 182 Å². The van der Waals surface area contributed by atoms with Crippen molar-refractivity contribution in [3.63, 3.8) is 0 Å². The van der Waals surface area contributed by atoms with Crippen LogP contribution >= 0.6 is 15.9 Å². The summed E-state index contributed by atoms with van der Waals surface area (Å²) in [6.07, 6.45) is 1.67. The number of amides is 1. The first-order valence-electron chi connectivity index (χ1n) is 8.96. The maximum atomic E-state index is 12.6. The number of nitrogens with zero attached hydrogens (tertiary/aromatic N) is 1. The Morgan fingerprint density at radius 2 is 1.57 bits per heavy atom. The van der Waals surface area contributed by atoms with Gasteiger partial charge in [0, 0.05) is 27.3 Å². The van der Waals surface area contributed by atoms with E-state index in [-0.39, 0.29) is 10.8 Å². The lowest BCUT2D eigenvalue weighted by molar-refractivity contribution is 0.102. The highest BCUT2D eigenvalue weighted by atomic mass is 79.9. The van der Waals surface area contributed by atoms with Gasteiger partial charge in [0.1, 0.15) is 0 Å². The normalized spacial score (nSPS) is 11.2. The molecule has 2 N–H and O–H groups in total. The van der Waals surface area contributed by atoms with Crippen molar-refractivity contribution in [1.82, 2.24) is 4.98 Å². The second-order valence-corrected chi connectivity index (χ2v) is 9.07. The SMILES string of the molecule is O=C(Nc1cccc2cccnc12)c1ccc(NS(=O)(=O)c2ccc(Br)cc2)cc1. The Balaban J connectivity index is 1.50. The summed E-state index contributed by atoms with van der Waals surface area (Å²) in [6, 6.07) is 21.9. The van der Waals surface area contributed by atoms with Crippen molar-refractivity contribution in [2.45, 2.75) is 4.90 Å². The number of rotatable bonds is 5. The number of sulfonamides is 1. The fraction of sp³-hybridized carbons (Fsp3) is 0. The van der Waals surface area contributed by atoms with Crippen LogP contribution in [0, 0.1) is 0 Å². The Kier molecular flexibility index (Phi) is 5.52. The van der Waals surface area contributed by atoms with Gasteiger partial charge >= 0.3 is 0 Å². The van der Waals surface area contributed by atoms with E-state index in [1.54, 1.807) is 48.7 Å². The molecule has 0 saturated carbocycles. The van der Waals surface area contributed by atoms with Gasteiger partial charge in [0.15, 0.2) is 0 Å². The summed E-state index contributed by atoms with van der Waals surface area (Å²) in [4.78, 5) is 17.1. The number of nitrogens with one attached hydrogen (secondary N) is 2. The first-order chi connectivity index (χ1) is 14.4. The fourth-order valence-electron chi connectivity index (χ4n) is 2.92. The minimum absolute atomic E-state index is 0.149. The van der Waals surface area contributed by atoms with Crippen molar-refractivity contribution in [3.8, 4) is 0 Å². The number of para-hydroxylation sites is 1. The van der Waals surface area contributed by atoms with Gasteiger partial charge in [-0.1, -0.05) is 34.1 Å². The molecule has 0 spiro atoms. The van der Waals surface area contributed by atoms with Crippen LogP contribution in [0.4, 0.5) is 11.4 Å². The van der Waals surface area contributed by atoms with Crippen molar-refractivity contribution in [2.75, 3.05) is 10.0 Å². The van der Waals surface area contributed by atoms with E-state index in [0.717, 1.165) is 9.86 Å². The zero-order valence-corrected chi connectivity index (χ0v) is 17.9. The Morgan fingerprint density at radius 3 is 2.30 bits per heavy atom. The van der Waals surface area contributed by atoms with Crippen LogP contribution in [0.1, 0.15) is 10.4 Å². The molecule has 1 aromatic heterocycles. The number of anilines is 2. The van der Waals surface area contributed by atoms with Gasteiger partial charge in [0.25, 0.3) is 15.9 Å². The second-order valence-electron chi connectivity index (χ2n) is 6.47. The molecular weight excluding hydrogens is 466 g/mol. The van der Waals surface area contributed by atoms with Crippen LogP contribution in [0.2, 0.25) is 0 Å². The van der Waals surface area contributed by atoms with E-state index in [9.17, 15) is 13.2 Å². The molecule has 1 amide bonds. The largest absolute Gasteiger partial charge is 0.320 e. The zero-order valence-electron chi connectivity index (χ0n) is 15.5. The van der Waals surface area contributed by atoms with Crippen LogP contribution in [0.15, 0.2) is 94.4 Å². The number of benzene rings is 3. The van der Waals surface area contributed by atoms with E-state index >= 15 is 0 Å². The lowest BCUT2D eigenvalue weighted by atomic mass is 10.1. The van der Waals surface area contributed by atoms with Gasteiger partial charge in [0.05, 0.1) is 16.1 Å². The van der Waals surface area contributed by atoms with Gasteiger partial charge in [0.2, 0.25) is 0 Å². The molecule has 0 saturated heterocycles. The van der Waals surface area contributed by atoms with E-state index in [1.165, 1.54) is 12.1 Å². The average molecular weight is 482 g/mol. The third-order valence-electron chi connectivity index (χ3n) is 4.40. The first kappa shape index (κ1) is 20.1. The highest BCUT2D eigenvalue weighted by Crippen LogP contribution is 2.22. The van der Waals surface area contributed by atoms with E-state index in [2.05, 4.69) is 31.0 Å². The van der Waals surface area contributed by atoms with Gasteiger partial charge in [-0.3, -0.25) is 14.5 Å². The van der Waals surface area contributed by atoms with E-state index in [1.807, 2.05) is 24.3 Å². The summed E-state index contributed by atoms with van der Waals surface area (Å²) >= 11 is 3.28. The van der Waals surface area contributed by atoms with E-state index in [4.69, 9.17) is 0 Å². The summed E-state index contributed by atoms with van der Waals surface area (Å²) in [7, 11) is -3.72. The number of aromatic nitrogens is 1. The molecule has 0 aliphatic heterocycles. The van der Waals surface area contributed by atoms with Gasteiger partial charge in [-0.2, -0.15) is 0 Å². The predicted octanol–water partition coefficient (Wildman–Crippen LogP) is 5.05. The molecule has 8 heteroatoms. The quantitative estimate of drug-likeness (QED) is 0.417. The molecular formula is C22H16BrN3O3S. The smallest absolute Gasteiger partial charge is 0.261 e. The molecule has 6 nitrogen and oxygen atoms in total. The third kappa shape index (κ3) is 4.34. The molecule has 0 fully saturated rings. The number of halogens is 1.